The molecule has 1 atom stereocenters. The number of anilines is 1. The molecule has 8 nitrogen and oxygen atoms in total. The van der Waals surface area contributed by atoms with Crippen molar-refractivity contribution >= 4 is 51.2 Å². The number of thioether (sulfide) groups is 1. The number of unbranched alkanes of at least 4 members (excludes halogenated alkanes) is 1. The molecule has 44 heavy (non-hydrogen) atoms. The molecule has 1 N–H and O–H groups in total. The predicted molar refractivity (Wildman–Crippen MR) is 178 cm³/mol. The fraction of sp³-hybridized carbons (Fsp3) is 0.303. The van der Waals surface area contributed by atoms with Gasteiger partial charge in [0.05, 0.1) is 23.8 Å². The number of fused-ring (bicyclic) bond motifs is 1. The lowest BCUT2D eigenvalue weighted by atomic mass is 9.95. The molecule has 0 saturated carbocycles. The average molecular weight is 698 g/mol. The molecule has 4 aromatic rings. The smallest absolute Gasteiger partial charge is 0.338 e. The number of carbonyl (C=O) groups is 1. The first-order valence-electron chi connectivity index (χ1n) is 14.3. The largest absolute Gasteiger partial charge is 0.493 e. The Labute approximate surface area is 275 Å². The summed E-state index contributed by atoms with van der Waals surface area (Å²) in [6, 6.07) is 19.0. The van der Waals surface area contributed by atoms with Crippen LogP contribution in [0.3, 0.4) is 0 Å². The molecule has 0 amide bonds. The number of aromatic nitrogens is 3. The number of methoxy groups -OCH3 is 1. The third-order valence-corrected chi connectivity index (χ3v) is 8.98. The number of hydrogen-bond acceptors (Lipinski definition) is 8. The molecular weight excluding hydrogens is 664 g/mol. The Kier molecular flexibility index (Phi) is 10.6. The van der Waals surface area contributed by atoms with Crippen LogP contribution in [0.4, 0.5) is 5.95 Å². The van der Waals surface area contributed by atoms with E-state index in [1.165, 1.54) is 11.8 Å². The first-order valence-corrected chi connectivity index (χ1v) is 16.5. The molecule has 0 fully saturated rings. The van der Waals surface area contributed by atoms with E-state index in [0.717, 1.165) is 35.1 Å². The van der Waals surface area contributed by atoms with Gasteiger partial charge in [0.2, 0.25) is 11.1 Å². The number of allylic oxidation sites excluding steroid dienone is 1. The van der Waals surface area contributed by atoms with Crippen molar-refractivity contribution in [2.75, 3.05) is 19.0 Å². The number of hydrogen-bond donors (Lipinski definition) is 1. The van der Waals surface area contributed by atoms with Gasteiger partial charge in [-0.3, -0.25) is 0 Å². The van der Waals surface area contributed by atoms with Gasteiger partial charge >= 0.3 is 5.97 Å². The highest BCUT2D eigenvalue weighted by Crippen LogP contribution is 2.43. The lowest BCUT2D eigenvalue weighted by Crippen LogP contribution is -2.30. The van der Waals surface area contributed by atoms with E-state index < -0.39 is 12.0 Å². The van der Waals surface area contributed by atoms with Crippen LogP contribution in [0, 0.1) is 6.92 Å². The Hall–Kier alpha value is -3.47. The van der Waals surface area contributed by atoms with Crippen molar-refractivity contribution < 1.29 is 19.0 Å². The summed E-state index contributed by atoms with van der Waals surface area (Å²) in [5, 5.41) is 9.35. The number of esters is 1. The fourth-order valence-corrected chi connectivity index (χ4v) is 6.59. The van der Waals surface area contributed by atoms with Crippen LogP contribution in [-0.4, -0.2) is 34.5 Å². The van der Waals surface area contributed by atoms with Crippen LogP contribution < -0.4 is 14.8 Å². The zero-order valence-electron chi connectivity index (χ0n) is 25.0. The third-order valence-electron chi connectivity index (χ3n) is 7.13. The van der Waals surface area contributed by atoms with E-state index in [1.807, 2.05) is 68.4 Å². The maximum atomic E-state index is 13.6. The highest BCUT2D eigenvalue weighted by atomic mass is 79.9. The Bertz CT molecular complexity index is 1690. The molecule has 11 heteroatoms. The summed E-state index contributed by atoms with van der Waals surface area (Å²) in [7, 11) is 1.60. The van der Waals surface area contributed by atoms with E-state index >= 15 is 0 Å². The van der Waals surface area contributed by atoms with Crippen molar-refractivity contribution in [2.24, 2.45) is 0 Å². The van der Waals surface area contributed by atoms with E-state index in [-0.39, 0.29) is 0 Å². The number of ether oxygens (including phenoxy) is 3. The summed E-state index contributed by atoms with van der Waals surface area (Å²) in [4.78, 5) is 18.3. The van der Waals surface area contributed by atoms with Crippen LogP contribution in [0.5, 0.6) is 11.5 Å². The van der Waals surface area contributed by atoms with Gasteiger partial charge in [-0.1, -0.05) is 84.7 Å². The van der Waals surface area contributed by atoms with Crippen molar-refractivity contribution in [3.63, 3.8) is 0 Å². The maximum absolute atomic E-state index is 13.6. The standard InChI is InChI=1S/C33H34BrClN4O4S/c1-5-6-14-42-31(40)28-21(3)36-32-37-33(44-19-23-12-7-8-13-26(23)35)38-39(32)29(28)24-16-25(34)30(27(17-24)41-4)43-18-22-11-9-10-20(2)15-22/h7-13,15-17,29H,5-6,14,18-19H2,1-4H3,(H,36,37,38). The molecule has 0 bridgehead atoms. The molecule has 1 aliphatic rings. The van der Waals surface area contributed by atoms with Crippen LogP contribution in [0.25, 0.3) is 0 Å². The van der Waals surface area contributed by atoms with Gasteiger partial charge in [0.15, 0.2) is 11.5 Å². The van der Waals surface area contributed by atoms with Crippen molar-refractivity contribution in [1.82, 2.24) is 14.8 Å². The number of nitrogens with one attached hydrogen (secondary N) is 1. The molecule has 0 aliphatic carbocycles. The summed E-state index contributed by atoms with van der Waals surface area (Å²) in [6.07, 6.45) is 1.69. The van der Waals surface area contributed by atoms with Gasteiger partial charge in [0.25, 0.3) is 0 Å². The zero-order valence-corrected chi connectivity index (χ0v) is 28.2. The quantitative estimate of drug-likeness (QED) is 0.0896. The Morgan fingerprint density at radius 2 is 1.95 bits per heavy atom. The monoisotopic (exact) mass is 696 g/mol. The lowest BCUT2D eigenvalue weighted by molar-refractivity contribution is -0.139. The predicted octanol–water partition coefficient (Wildman–Crippen LogP) is 8.51. The van der Waals surface area contributed by atoms with Crippen LogP contribution in [0.1, 0.15) is 55.0 Å². The summed E-state index contributed by atoms with van der Waals surface area (Å²) in [5.41, 5.74) is 5.05. The number of carbonyl (C=O) groups excluding carboxylic acids is 1. The Balaban J connectivity index is 1.50. The molecular formula is C33H34BrClN4O4S. The molecule has 230 valence electrons. The molecule has 0 radical (unpaired) electrons. The lowest BCUT2D eigenvalue weighted by Gasteiger charge is -2.29. The second-order valence-electron chi connectivity index (χ2n) is 10.4. The number of rotatable bonds is 12. The summed E-state index contributed by atoms with van der Waals surface area (Å²) in [6.45, 7) is 6.66. The normalized spacial score (nSPS) is 14.2. The SMILES string of the molecule is CCCCOC(=O)C1=C(C)Nc2nc(SCc3ccccc3Cl)nn2C1c1cc(Br)c(OCc2cccc(C)c2)c(OC)c1. The number of benzene rings is 3. The van der Waals surface area contributed by atoms with Gasteiger partial charge in [-0.15, -0.1) is 5.10 Å². The second-order valence-corrected chi connectivity index (χ2v) is 12.6. The van der Waals surface area contributed by atoms with Gasteiger partial charge < -0.3 is 19.5 Å². The molecule has 1 aromatic heterocycles. The molecule has 0 saturated heterocycles. The number of aryl methyl sites for hydroxylation is 1. The minimum atomic E-state index is -0.626. The van der Waals surface area contributed by atoms with Crippen molar-refractivity contribution in [3.8, 4) is 11.5 Å². The third kappa shape index (κ3) is 7.25. The Morgan fingerprint density at radius 3 is 2.70 bits per heavy atom. The fourth-order valence-electron chi connectivity index (χ4n) is 4.90. The molecule has 2 heterocycles. The maximum Gasteiger partial charge on any atom is 0.338 e. The summed E-state index contributed by atoms with van der Waals surface area (Å²) in [5.74, 6) is 1.79. The van der Waals surface area contributed by atoms with Crippen molar-refractivity contribution in [2.45, 2.75) is 57.2 Å². The first-order chi connectivity index (χ1) is 21.3. The molecule has 5 rings (SSSR count). The topological polar surface area (TPSA) is 87.5 Å². The van der Waals surface area contributed by atoms with Gasteiger partial charge in [-0.25, -0.2) is 9.48 Å². The average Bonchev–Trinajstić information content (AvgIpc) is 3.41. The summed E-state index contributed by atoms with van der Waals surface area (Å²) < 4.78 is 20.1. The van der Waals surface area contributed by atoms with E-state index in [2.05, 4.69) is 34.2 Å². The van der Waals surface area contributed by atoms with E-state index in [1.54, 1.807) is 11.8 Å². The van der Waals surface area contributed by atoms with Crippen LogP contribution in [-0.2, 0) is 21.9 Å². The number of nitrogens with zero attached hydrogens (tertiary/aromatic N) is 3. The second kappa shape index (κ2) is 14.5. The van der Waals surface area contributed by atoms with Crippen molar-refractivity contribution in [1.29, 1.82) is 0 Å². The first kappa shape index (κ1) is 31.9. The highest BCUT2D eigenvalue weighted by Gasteiger charge is 2.36. The van der Waals surface area contributed by atoms with Crippen LogP contribution in [0.15, 0.2) is 81.6 Å². The van der Waals surface area contributed by atoms with Gasteiger partial charge in [0, 0.05) is 16.5 Å². The van der Waals surface area contributed by atoms with E-state index in [0.29, 0.717) is 62.3 Å². The van der Waals surface area contributed by atoms with E-state index in [4.69, 9.17) is 35.9 Å². The molecule has 1 aliphatic heterocycles. The van der Waals surface area contributed by atoms with Gasteiger partial charge in [-0.2, -0.15) is 4.98 Å². The highest BCUT2D eigenvalue weighted by molar-refractivity contribution is 9.10. The minimum Gasteiger partial charge on any atom is -0.493 e. The summed E-state index contributed by atoms with van der Waals surface area (Å²) >= 11 is 11.6. The van der Waals surface area contributed by atoms with E-state index in [9.17, 15) is 4.79 Å². The molecule has 0 spiro atoms. The van der Waals surface area contributed by atoms with Crippen molar-refractivity contribution in [3.05, 3.63) is 104 Å². The van der Waals surface area contributed by atoms with Crippen LogP contribution >= 0.6 is 39.3 Å². The zero-order chi connectivity index (χ0) is 31.2. The van der Waals surface area contributed by atoms with Gasteiger partial charge in [0.1, 0.15) is 12.6 Å². The van der Waals surface area contributed by atoms with Gasteiger partial charge in [-0.05, 0) is 71.1 Å². The Morgan fingerprint density at radius 1 is 1.14 bits per heavy atom. The molecule has 1 unspecified atom stereocenters. The van der Waals surface area contributed by atoms with Crippen LogP contribution in [0.2, 0.25) is 5.02 Å². The molecule has 3 aromatic carbocycles. The minimum absolute atomic E-state index is 0.334. The number of halogens is 2.